The highest BCUT2D eigenvalue weighted by atomic mass is 16.3. The van der Waals surface area contributed by atoms with Crippen LogP contribution >= 0.6 is 0 Å². The number of rotatable bonds is 2. The number of nitrogens with zero attached hydrogens (tertiary/aromatic N) is 2. The Balaban J connectivity index is 2.31. The van der Waals surface area contributed by atoms with Gasteiger partial charge in [0.1, 0.15) is 0 Å². The first-order chi connectivity index (χ1) is 4.86. The van der Waals surface area contributed by atoms with Crippen LogP contribution < -0.4 is 0 Å². The Morgan fingerprint density at radius 2 is 2.50 bits per heavy atom. The Kier molecular flexibility index (Phi) is 2.62. The molecular formula is C6H12N2O2. The average molecular weight is 144 g/mol. The van der Waals surface area contributed by atoms with E-state index in [0.717, 1.165) is 19.4 Å². The molecule has 1 fully saturated rings. The molecule has 1 heterocycles. The molecule has 1 aliphatic rings. The van der Waals surface area contributed by atoms with E-state index in [-0.39, 0.29) is 12.5 Å². The van der Waals surface area contributed by atoms with Crippen molar-refractivity contribution in [2.45, 2.75) is 12.8 Å². The van der Waals surface area contributed by atoms with Gasteiger partial charge in [-0.25, -0.2) is 0 Å². The molecule has 0 aromatic heterocycles. The summed E-state index contributed by atoms with van der Waals surface area (Å²) in [6, 6.07) is 0. The average Bonchev–Trinajstić information content (AvgIpc) is 2.05. The number of piperidine rings is 1. The van der Waals surface area contributed by atoms with Crippen LogP contribution in [0.15, 0.2) is 5.29 Å². The third-order valence-electron chi connectivity index (χ3n) is 1.87. The van der Waals surface area contributed by atoms with E-state index in [9.17, 15) is 4.91 Å². The predicted molar refractivity (Wildman–Crippen MR) is 37.2 cm³/mol. The molecule has 0 amide bonds. The summed E-state index contributed by atoms with van der Waals surface area (Å²) < 4.78 is 0. The minimum atomic E-state index is 0.173. The van der Waals surface area contributed by atoms with E-state index in [2.05, 4.69) is 5.29 Å². The highest BCUT2D eigenvalue weighted by molar-refractivity contribution is 4.69. The largest absolute Gasteiger partial charge is 0.396 e. The minimum absolute atomic E-state index is 0.173. The second-order valence-electron chi connectivity index (χ2n) is 2.69. The lowest BCUT2D eigenvalue weighted by Crippen LogP contribution is -2.32. The van der Waals surface area contributed by atoms with Gasteiger partial charge < -0.3 is 5.11 Å². The SMILES string of the molecule is O=NN1CCC[C@@H](CO)C1. The fourth-order valence-electron chi connectivity index (χ4n) is 1.27. The van der Waals surface area contributed by atoms with Crippen LogP contribution in [0.1, 0.15) is 12.8 Å². The monoisotopic (exact) mass is 144 g/mol. The summed E-state index contributed by atoms with van der Waals surface area (Å²) in [6.07, 6.45) is 1.99. The molecule has 1 rings (SSSR count). The first-order valence-corrected chi connectivity index (χ1v) is 3.56. The molecule has 58 valence electrons. The lowest BCUT2D eigenvalue weighted by molar-refractivity contribution is 0.122. The fourth-order valence-corrected chi connectivity index (χ4v) is 1.27. The third-order valence-corrected chi connectivity index (χ3v) is 1.87. The highest BCUT2D eigenvalue weighted by Crippen LogP contribution is 2.15. The van der Waals surface area contributed by atoms with E-state index < -0.39 is 0 Å². The Hall–Kier alpha value is -0.640. The van der Waals surface area contributed by atoms with Gasteiger partial charge in [0.05, 0.1) is 5.29 Å². The van der Waals surface area contributed by atoms with Crippen LogP contribution in [-0.2, 0) is 0 Å². The van der Waals surface area contributed by atoms with Crippen LogP contribution in [0.25, 0.3) is 0 Å². The quantitative estimate of drug-likeness (QED) is 0.570. The molecule has 1 aliphatic heterocycles. The molecule has 0 radical (unpaired) electrons. The second kappa shape index (κ2) is 3.51. The second-order valence-corrected chi connectivity index (χ2v) is 2.69. The van der Waals surface area contributed by atoms with Crippen molar-refractivity contribution in [1.29, 1.82) is 0 Å². The highest BCUT2D eigenvalue weighted by Gasteiger charge is 2.18. The summed E-state index contributed by atoms with van der Waals surface area (Å²) >= 11 is 0. The summed E-state index contributed by atoms with van der Waals surface area (Å²) in [4.78, 5) is 10.0. The molecule has 4 heteroatoms. The van der Waals surface area contributed by atoms with Crippen LogP contribution in [-0.4, -0.2) is 29.8 Å². The van der Waals surface area contributed by atoms with Gasteiger partial charge in [-0.15, -0.1) is 4.91 Å². The molecular weight excluding hydrogens is 132 g/mol. The number of aliphatic hydroxyl groups is 1. The number of hydrogen-bond donors (Lipinski definition) is 1. The molecule has 0 saturated carbocycles. The van der Waals surface area contributed by atoms with Crippen LogP contribution in [0.4, 0.5) is 0 Å². The molecule has 0 aliphatic carbocycles. The van der Waals surface area contributed by atoms with Gasteiger partial charge in [0.15, 0.2) is 0 Å². The molecule has 1 N–H and O–H groups in total. The van der Waals surface area contributed by atoms with Gasteiger partial charge in [0.2, 0.25) is 0 Å². The smallest absolute Gasteiger partial charge is 0.0524 e. The van der Waals surface area contributed by atoms with Crippen LogP contribution in [0.2, 0.25) is 0 Å². The van der Waals surface area contributed by atoms with Gasteiger partial charge in [0.25, 0.3) is 0 Å². The first-order valence-electron chi connectivity index (χ1n) is 3.56. The van der Waals surface area contributed by atoms with E-state index in [1.54, 1.807) is 0 Å². The van der Waals surface area contributed by atoms with E-state index >= 15 is 0 Å². The number of nitroso groups, excluding NO2 is 1. The summed E-state index contributed by atoms with van der Waals surface area (Å²) in [7, 11) is 0. The van der Waals surface area contributed by atoms with Crippen molar-refractivity contribution in [1.82, 2.24) is 5.01 Å². The van der Waals surface area contributed by atoms with Crippen molar-refractivity contribution >= 4 is 0 Å². The Morgan fingerprint density at radius 1 is 1.70 bits per heavy atom. The van der Waals surface area contributed by atoms with Gasteiger partial charge in [-0.3, -0.25) is 5.01 Å². The molecule has 0 aromatic carbocycles. The maximum Gasteiger partial charge on any atom is 0.0524 e. The topological polar surface area (TPSA) is 52.9 Å². The zero-order valence-electron chi connectivity index (χ0n) is 5.86. The Morgan fingerprint density at radius 3 is 3.10 bits per heavy atom. The first kappa shape index (κ1) is 7.47. The maximum absolute atomic E-state index is 10.0. The fraction of sp³-hybridized carbons (Fsp3) is 1.00. The van der Waals surface area contributed by atoms with Gasteiger partial charge in [-0.1, -0.05) is 0 Å². The van der Waals surface area contributed by atoms with Gasteiger partial charge in [-0.05, 0) is 12.8 Å². The maximum atomic E-state index is 10.0. The molecule has 0 spiro atoms. The normalized spacial score (nSPS) is 26.5. The molecule has 1 atom stereocenters. The van der Waals surface area contributed by atoms with E-state index in [1.807, 2.05) is 0 Å². The van der Waals surface area contributed by atoms with Gasteiger partial charge in [-0.2, -0.15) is 0 Å². The Bertz CT molecular complexity index is 118. The third kappa shape index (κ3) is 1.67. The minimum Gasteiger partial charge on any atom is -0.396 e. The predicted octanol–water partition coefficient (Wildman–Crippen LogP) is 0.372. The van der Waals surface area contributed by atoms with Gasteiger partial charge >= 0.3 is 0 Å². The number of aliphatic hydroxyl groups excluding tert-OH is 1. The summed E-state index contributed by atoms with van der Waals surface area (Å²) in [6.45, 7) is 1.55. The van der Waals surface area contributed by atoms with Crippen molar-refractivity contribution < 1.29 is 5.11 Å². The van der Waals surface area contributed by atoms with E-state index in [0.29, 0.717) is 6.54 Å². The zero-order chi connectivity index (χ0) is 7.40. The standard InChI is InChI=1S/C6H12N2O2/c9-5-6-2-1-3-8(4-6)7-10/h6,9H,1-5H2/t6-/m1/s1. The molecule has 0 aromatic rings. The van der Waals surface area contributed by atoms with Crippen molar-refractivity contribution in [2.75, 3.05) is 19.7 Å². The van der Waals surface area contributed by atoms with Crippen LogP contribution in [0, 0.1) is 10.8 Å². The van der Waals surface area contributed by atoms with Crippen molar-refractivity contribution in [2.24, 2.45) is 11.2 Å². The van der Waals surface area contributed by atoms with Gasteiger partial charge in [0, 0.05) is 25.6 Å². The molecule has 1 saturated heterocycles. The van der Waals surface area contributed by atoms with Crippen LogP contribution in [0.5, 0.6) is 0 Å². The Labute approximate surface area is 59.8 Å². The summed E-state index contributed by atoms with van der Waals surface area (Å²) in [5.74, 6) is 0.256. The number of hydrogen-bond acceptors (Lipinski definition) is 3. The van der Waals surface area contributed by atoms with Crippen molar-refractivity contribution in [3.8, 4) is 0 Å². The molecule has 0 bridgehead atoms. The lowest BCUT2D eigenvalue weighted by Gasteiger charge is -2.26. The molecule has 0 unspecified atom stereocenters. The molecule has 4 nitrogen and oxygen atoms in total. The molecule has 10 heavy (non-hydrogen) atoms. The van der Waals surface area contributed by atoms with E-state index in [4.69, 9.17) is 5.11 Å². The zero-order valence-corrected chi connectivity index (χ0v) is 5.86. The summed E-state index contributed by atoms with van der Waals surface area (Å²) in [5.41, 5.74) is 0. The van der Waals surface area contributed by atoms with Crippen molar-refractivity contribution in [3.63, 3.8) is 0 Å². The van der Waals surface area contributed by atoms with Crippen LogP contribution in [0.3, 0.4) is 0 Å². The summed E-state index contributed by atoms with van der Waals surface area (Å²) in [5, 5.41) is 13.0. The lowest BCUT2D eigenvalue weighted by atomic mass is 10.0. The van der Waals surface area contributed by atoms with E-state index in [1.165, 1.54) is 5.01 Å². The van der Waals surface area contributed by atoms with Crippen molar-refractivity contribution in [3.05, 3.63) is 4.91 Å².